The van der Waals surface area contributed by atoms with Crippen LogP contribution < -0.4 is 0 Å². The largest absolute Gasteiger partial charge is 0.435 e. The molecule has 0 spiro atoms. The Kier molecular flexibility index (Phi) is 6.78. The quantitative estimate of drug-likeness (QED) is 0.461. The highest BCUT2D eigenvalue weighted by atomic mass is 32.1. The van der Waals surface area contributed by atoms with Gasteiger partial charge >= 0.3 is 6.18 Å². The average molecular weight is 518 g/mol. The number of hydrogen-bond acceptors (Lipinski definition) is 7. The lowest BCUT2D eigenvalue weighted by molar-refractivity contribution is -0.142. The van der Waals surface area contributed by atoms with Gasteiger partial charge < -0.3 is 4.90 Å². The van der Waals surface area contributed by atoms with Crippen LogP contribution in [0.2, 0.25) is 0 Å². The van der Waals surface area contributed by atoms with Crippen LogP contribution in [0.3, 0.4) is 0 Å². The van der Waals surface area contributed by atoms with E-state index in [1.807, 2.05) is 23.2 Å². The molecule has 4 heterocycles. The third-order valence-electron chi connectivity index (χ3n) is 6.55. The van der Waals surface area contributed by atoms with Gasteiger partial charge in [0, 0.05) is 30.1 Å². The molecule has 36 heavy (non-hydrogen) atoms. The molecule has 0 aliphatic carbocycles. The maximum atomic E-state index is 12.9. The van der Waals surface area contributed by atoms with Crippen molar-refractivity contribution >= 4 is 17.2 Å². The van der Waals surface area contributed by atoms with Gasteiger partial charge in [0.15, 0.2) is 5.69 Å². The summed E-state index contributed by atoms with van der Waals surface area (Å²) in [5, 5.41) is 17.3. The number of piperidine rings is 1. The summed E-state index contributed by atoms with van der Waals surface area (Å²) in [6.07, 6.45) is -2.99. The Morgan fingerprint density at radius 1 is 1.17 bits per heavy atom. The molecular formula is C24H26F3N7OS. The van der Waals surface area contributed by atoms with Gasteiger partial charge in [-0.15, -0.1) is 11.3 Å². The van der Waals surface area contributed by atoms with E-state index in [0.29, 0.717) is 25.3 Å². The van der Waals surface area contributed by atoms with Gasteiger partial charge in [-0.1, -0.05) is 35.6 Å². The van der Waals surface area contributed by atoms with Crippen molar-refractivity contribution in [3.8, 4) is 0 Å². The third kappa shape index (κ3) is 5.43. The highest BCUT2D eigenvalue weighted by Crippen LogP contribution is 2.32. The Hall–Kier alpha value is -3.28. The highest BCUT2D eigenvalue weighted by Gasteiger charge is 2.35. The van der Waals surface area contributed by atoms with E-state index in [9.17, 15) is 18.0 Å². The molecule has 1 unspecified atom stereocenters. The van der Waals surface area contributed by atoms with Gasteiger partial charge in [-0.25, -0.2) is 4.98 Å². The summed E-state index contributed by atoms with van der Waals surface area (Å²) in [5.41, 5.74) is 1.44. The van der Waals surface area contributed by atoms with Crippen LogP contribution in [0.1, 0.15) is 52.5 Å². The van der Waals surface area contributed by atoms with E-state index in [4.69, 9.17) is 4.98 Å². The number of amides is 1. The summed E-state index contributed by atoms with van der Waals surface area (Å²) >= 11 is 1.62. The topological polar surface area (TPSA) is 79.0 Å². The average Bonchev–Trinajstić information content (AvgIpc) is 3.61. The molecule has 8 nitrogen and oxygen atoms in total. The second kappa shape index (κ2) is 10.00. The second-order valence-corrected chi connectivity index (χ2v) is 10.0. The van der Waals surface area contributed by atoms with Crippen LogP contribution in [0.5, 0.6) is 0 Å². The van der Waals surface area contributed by atoms with E-state index in [1.165, 1.54) is 6.92 Å². The van der Waals surface area contributed by atoms with Crippen molar-refractivity contribution in [1.29, 1.82) is 0 Å². The summed E-state index contributed by atoms with van der Waals surface area (Å²) in [6.45, 7) is 3.74. The molecule has 1 amide bonds. The maximum Gasteiger partial charge on any atom is 0.435 e. The third-order valence-corrected chi connectivity index (χ3v) is 7.61. The van der Waals surface area contributed by atoms with E-state index in [0.717, 1.165) is 46.4 Å². The molecule has 5 rings (SSSR count). The van der Waals surface area contributed by atoms with Crippen molar-refractivity contribution in [2.24, 2.45) is 10.3 Å². The van der Waals surface area contributed by atoms with Crippen LogP contribution >= 0.6 is 11.3 Å². The lowest BCUT2D eigenvalue weighted by Gasteiger charge is -2.31. The van der Waals surface area contributed by atoms with Gasteiger partial charge in [-0.2, -0.15) is 23.4 Å². The first-order chi connectivity index (χ1) is 17.3. The SMILES string of the molecule is Cc1cc(C(F)(F)F)nn1CC(=O)N1CCC(c2nc(CN3CC(c4ccccc4)N=N3)cs2)CC1. The van der Waals surface area contributed by atoms with E-state index in [-0.39, 0.29) is 24.4 Å². The lowest BCUT2D eigenvalue weighted by atomic mass is 9.97. The monoisotopic (exact) mass is 517 g/mol. The number of likely N-dealkylation sites (tertiary alicyclic amines) is 1. The van der Waals surface area contributed by atoms with Gasteiger partial charge in [0.05, 0.1) is 23.8 Å². The Labute approximate surface area is 210 Å². The number of halogens is 3. The van der Waals surface area contributed by atoms with Crippen molar-refractivity contribution in [3.63, 3.8) is 0 Å². The molecule has 0 N–H and O–H groups in total. The number of thiazole rings is 1. The number of aryl methyl sites for hydroxylation is 1. The zero-order valence-corrected chi connectivity index (χ0v) is 20.5. The molecule has 0 saturated carbocycles. The van der Waals surface area contributed by atoms with Crippen LogP contribution in [0.15, 0.2) is 52.1 Å². The number of nitrogens with zero attached hydrogens (tertiary/aromatic N) is 7. The van der Waals surface area contributed by atoms with Crippen molar-refractivity contribution in [3.05, 3.63) is 69.4 Å². The van der Waals surface area contributed by atoms with E-state index in [2.05, 4.69) is 32.9 Å². The number of aromatic nitrogens is 3. The van der Waals surface area contributed by atoms with Gasteiger partial charge in [-0.3, -0.25) is 14.5 Å². The van der Waals surface area contributed by atoms with Crippen molar-refractivity contribution in [2.75, 3.05) is 19.6 Å². The maximum absolute atomic E-state index is 12.9. The normalized spacial score (nSPS) is 18.8. The molecule has 0 bridgehead atoms. The summed E-state index contributed by atoms with van der Waals surface area (Å²) in [7, 11) is 0. The number of hydrogen-bond donors (Lipinski definition) is 0. The molecule has 2 aliphatic rings. The summed E-state index contributed by atoms with van der Waals surface area (Å²) in [5.74, 6) is 0.0360. The van der Waals surface area contributed by atoms with Gasteiger partial charge in [0.25, 0.3) is 0 Å². The smallest absolute Gasteiger partial charge is 0.341 e. The predicted molar refractivity (Wildman–Crippen MR) is 127 cm³/mol. The van der Waals surface area contributed by atoms with Crippen molar-refractivity contribution in [1.82, 2.24) is 24.7 Å². The number of rotatable bonds is 6. The van der Waals surface area contributed by atoms with Crippen LogP contribution in [0, 0.1) is 6.92 Å². The number of benzene rings is 1. The van der Waals surface area contributed by atoms with Gasteiger partial charge in [-0.05, 0) is 31.4 Å². The highest BCUT2D eigenvalue weighted by molar-refractivity contribution is 7.09. The minimum atomic E-state index is -4.52. The van der Waals surface area contributed by atoms with E-state index in [1.54, 1.807) is 16.2 Å². The fraction of sp³-hybridized carbons (Fsp3) is 0.458. The summed E-state index contributed by atoms with van der Waals surface area (Å²) < 4.78 is 39.8. The molecule has 2 aliphatic heterocycles. The summed E-state index contributed by atoms with van der Waals surface area (Å²) in [6, 6.07) is 11.1. The molecule has 2 aromatic heterocycles. The fourth-order valence-electron chi connectivity index (χ4n) is 4.53. The van der Waals surface area contributed by atoms with Crippen LogP contribution in [0.4, 0.5) is 13.2 Å². The molecule has 1 atom stereocenters. The molecule has 3 aromatic rings. The molecule has 190 valence electrons. The van der Waals surface area contributed by atoms with E-state index < -0.39 is 11.9 Å². The summed E-state index contributed by atoms with van der Waals surface area (Å²) in [4.78, 5) is 19.2. The van der Waals surface area contributed by atoms with Crippen molar-refractivity contribution < 1.29 is 18.0 Å². The molecule has 1 fully saturated rings. The van der Waals surface area contributed by atoms with Crippen LogP contribution in [-0.2, 0) is 24.1 Å². The van der Waals surface area contributed by atoms with Gasteiger partial charge in [0.1, 0.15) is 12.6 Å². The number of alkyl halides is 3. The minimum Gasteiger partial charge on any atom is -0.341 e. The van der Waals surface area contributed by atoms with Crippen LogP contribution in [0.25, 0.3) is 0 Å². The van der Waals surface area contributed by atoms with E-state index >= 15 is 0 Å². The first-order valence-corrected chi connectivity index (χ1v) is 12.7. The Morgan fingerprint density at radius 3 is 2.61 bits per heavy atom. The number of carbonyl (C=O) groups excluding carboxylic acids is 1. The Morgan fingerprint density at radius 2 is 1.92 bits per heavy atom. The van der Waals surface area contributed by atoms with Gasteiger partial charge in [0.2, 0.25) is 5.91 Å². The number of carbonyl (C=O) groups is 1. The Bertz CT molecular complexity index is 1230. The molecular weight excluding hydrogens is 491 g/mol. The second-order valence-electron chi connectivity index (χ2n) is 9.14. The van der Waals surface area contributed by atoms with Crippen molar-refractivity contribution in [2.45, 2.75) is 51.0 Å². The predicted octanol–water partition coefficient (Wildman–Crippen LogP) is 5.00. The standard InChI is InChI=1S/C24H26F3N7OS/c1-16-11-21(24(25,26)27)30-34(16)14-22(35)32-9-7-18(8-10-32)23-28-19(15-36-23)12-33-13-20(29-31-33)17-5-3-2-4-6-17/h2-6,11,15,18,20H,7-10,12-14H2,1H3. The minimum absolute atomic E-state index is 0.0387. The Balaban J connectivity index is 1.11. The first kappa shape index (κ1) is 24.4. The molecule has 1 aromatic carbocycles. The van der Waals surface area contributed by atoms with Crippen LogP contribution in [-0.4, -0.2) is 50.2 Å². The molecule has 12 heteroatoms. The lowest BCUT2D eigenvalue weighted by Crippen LogP contribution is -2.40. The molecule has 1 saturated heterocycles. The zero-order chi connectivity index (χ0) is 25.3. The molecule has 0 radical (unpaired) electrons. The fourth-order valence-corrected chi connectivity index (χ4v) is 5.52. The zero-order valence-electron chi connectivity index (χ0n) is 19.7. The first-order valence-electron chi connectivity index (χ1n) is 11.8.